The molecule has 4 rings (SSSR count). The minimum absolute atomic E-state index is 0.322. The molecular formula is C19H14ClN3O2. The fraction of sp³-hybridized carbons (Fsp3) is 0.0526. The van der Waals surface area contributed by atoms with Gasteiger partial charge in [-0.1, -0.05) is 35.9 Å². The van der Waals surface area contributed by atoms with Crippen molar-refractivity contribution in [3.63, 3.8) is 0 Å². The summed E-state index contributed by atoms with van der Waals surface area (Å²) < 4.78 is 1.84. The minimum Gasteiger partial charge on any atom is -0.397 e. The Labute approximate surface area is 148 Å². The number of aromatic nitrogens is 1. The van der Waals surface area contributed by atoms with Crippen molar-refractivity contribution in [2.45, 2.75) is 0 Å². The summed E-state index contributed by atoms with van der Waals surface area (Å²) in [6.07, 6.45) is 1.35. The number of carbonyl (C=O) groups is 2. The second-order valence-corrected chi connectivity index (χ2v) is 6.27. The maximum atomic E-state index is 12.5. The number of likely N-dealkylation sites (N-methyl/N-ethyl adjacent to an activating group) is 1. The molecule has 0 bridgehead atoms. The zero-order valence-corrected chi connectivity index (χ0v) is 14.1. The van der Waals surface area contributed by atoms with Crippen LogP contribution < -0.4 is 5.73 Å². The quantitative estimate of drug-likeness (QED) is 0.569. The molecule has 1 aliphatic rings. The number of carbonyl (C=O) groups excluding carboxylic acids is 2. The van der Waals surface area contributed by atoms with E-state index in [2.05, 4.69) is 0 Å². The number of hydrogen-bond donors (Lipinski definition) is 1. The van der Waals surface area contributed by atoms with Gasteiger partial charge in [0.1, 0.15) is 0 Å². The van der Waals surface area contributed by atoms with Crippen LogP contribution in [0.25, 0.3) is 22.2 Å². The number of benzene rings is 2. The number of fused-ring (bicyclic) bond motifs is 1. The summed E-state index contributed by atoms with van der Waals surface area (Å²) in [5.74, 6) is -0.691. The van der Waals surface area contributed by atoms with Crippen LogP contribution in [0.15, 0.2) is 54.6 Å². The van der Waals surface area contributed by atoms with Gasteiger partial charge in [-0.25, -0.2) is 0 Å². The Balaban J connectivity index is 2.10. The van der Waals surface area contributed by atoms with E-state index in [1.807, 2.05) is 41.0 Å². The molecule has 6 heteroatoms. The molecule has 124 valence electrons. The van der Waals surface area contributed by atoms with E-state index in [0.29, 0.717) is 27.7 Å². The molecule has 0 radical (unpaired) electrons. The van der Waals surface area contributed by atoms with Crippen molar-refractivity contribution < 1.29 is 9.59 Å². The van der Waals surface area contributed by atoms with Gasteiger partial charge in [0, 0.05) is 18.5 Å². The topological polar surface area (TPSA) is 68.3 Å². The van der Waals surface area contributed by atoms with Gasteiger partial charge in [0.05, 0.1) is 33.2 Å². The Kier molecular flexibility index (Phi) is 3.40. The van der Waals surface area contributed by atoms with Gasteiger partial charge >= 0.3 is 0 Å². The lowest BCUT2D eigenvalue weighted by Crippen LogP contribution is -2.26. The van der Waals surface area contributed by atoms with E-state index in [-0.39, 0.29) is 11.8 Å². The van der Waals surface area contributed by atoms with Gasteiger partial charge in [0.15, 0.2) is 0 Å². The number of anilines is 1. The molecule has 2 heterocycles. The van der Waals surface area contributed by atoms with Gasteiger partial charge in [-0.2, -0.15) is 0 Å². The number of amides is 2. The van der Waals surface area contributed by atoms with Crippen molar-refractivity contribution in [3.8, 4) is 5.69 Å². The van der Waals surface area contributed by atoms with Crippen LogP contribution >= 0.6 is 11.6 Å². The standard InChI is InChI=1S/C19H14ClN3O2/c1-22-17(24)10-12(19(22)25)16-9-11-5-4-6-13(20)18(11)23(16)15-8-3-2-7-14(15)21/h2-10H,21H2,1H3. The summed E-state index contributed by atoms with van der Waals surface area (Å²) in [6.45, 7) is 0. The zero-order valence-electron chi connectivity index (χ0n) is 13.4. The first-order chi connectivity index (χ1) is 12.0. The molecule has 3 aromatic rings. The summed E-state index contributed by atoms with van der Waals surface area (Å²) in [6, 6.07) is 14.7. The van der Waals surface area contributed by atoms with E-state index in [1.54, 1.807) is 12.1 Å². The zero-order chi connectivity index (χ0) is 17.7. The number of halogens is 1. The van der Waals surface area contributed by atoms with Crippen molar-refractivity contribution in [1.82, 2.24) is 9.47 Å². The normalized spacial score (nSPS) is 14.5. The molecule has 0 spiro atoms. The second-order valence-electron chi connectivity index (χ2n) is 5.86. The van der Waals surface area contributed by atoms with Gasteiger partial charge < -0.3 is 10.3 Å². The van der Waals surface area contributed by atoms with Gasteiger partial charge in [-0.05, 0) is 24.3 Å². The lowest BCUT2D eigenvalue weighted by molar-refractivity contribution is -0.134. The predicted octanol–water partition coefficient (Wildman–Crippen LogP) is 3.25. The SMILES string of the molecule is CN1C(=O)C=C(c2cc3cccc(Cl)c3n2-c2ccccc2N)C1=O. The monoisotopic (exact) mass is 351 g/mol. The Morgan fingerprint density at radius 3 is 2.48 bits per heavy atom. The summed E-state index contributed by atoms with van der Waals surface area (Å²) in [5, 5.41) is 1.40. The molecule has 2 N–H and O–H groups in total. The highest BCUT2D eigenvalue weighted by Crippen LogP contribution is 2.36. The molecular weight excluding hydrogens is 338 g/mol. The van der Waals surface area contributed by atoms with Gasteiger partial charge in [-0.15, -0.1) is 0 Å². The van der Waals surface area contributed by atoms with Crippen LogP contribution in [0.3, 0.4) is 0 Å². The first-order valence-corrected chi connectivity index (χ1v) is 8.06. The number of hydrogen-bond acceptors (Lipinski definition) is 3. The van der Waals surface area contributed by atoms with Crippen molar-refractivity contribution >= 4 is 45.6 Å². The number of para-hydroxylation sites is 3. The molecule has 0 unspecified atom stereocenters. The highest BCUT2D eigenvalue weighted by molar-refractivity contribution is 6.36. The molecule has 2 aromatic carbocycles. The fourth-order valence-corrected chi connectivity index (χ4v) is 3.37. The van der Waals surface area contributed by atoms with E-state index in [4.69, 9.17) is 17.3 Å². The first-order valence-electron chi connectivity index (χ1n) is 7.68. The maximum absolute atomic E-state index is 12.5. The summed E-state index contributed by atoms with van der Waals surface area (Å²) in [4.78, 5) is 25.5. The van der Waals surface area contributed by atoms with E-state index in [9.17, 15) is 9.59 Å². The van der Waals surface area contributed by atoms with Crippen LogP contribution in [0.1, 0.15) is 5.69 Å². The highest BCUT2D eigenvalue weighted by Gasteiger charge is 2.31. The average Bonchev–Trinajstić information content (AvgIpc) is 3.09. The fourth-order valence-electron chi connectivity index (χ4n) is 3.10. The van der Waals surface area contributed by atoms with Crippen LogP contribution in [-0.4, -0.2) is 28.3 Å². The van der Waals surface area contributed by atoms with E-state index in [1.165, 1.54) is 13.1 Å². The molecule has 25 heavy (non-hydrogen) atoms. The summed E-state index contributed by atoms with van der Waals surface area (Å²) in [7, 11) is 1.46. The number of nitrogens with two attached hydrogens (primary N) is 1. The Hall–Kier alpha value is -3.05. The Morgan fingerprint density at radius 2 is 1.80 bits per heavy atom. The van der Waals surface area contributed by atoms with Crippen molar-refractivity contribution in [2.75, 3.05) is 12.8 Å². The number of nitrogen functional groups attached to an aromatic ring is 1. The predicted molar refractivity (Wildman–Crippen MR) is 98.5 cm³/mol. The number of rotatable bonds is 2. The molecule has 0 atom stereocenters. The molecule has 1 aliphatic heterocycles. The van der Waals surface area contributed by atoms with E-state index in [0.717, 1.165) is 15.8 Å². The summed E-state index contributed by atoms with van der Waals surface area (Å²) in [5.41, 5.74) is 9.07. The number of imide groups is 1. The highest BCUT2D eigenvalue weighted by atomic mass is 35.5. The molecule has 0 fully saturated rings. The van der Waals surface area contributed by atoms with Crippen LogP contribution in [0, 0.1) is 0 Å². The van der Waals surface area contributed by atoms with Crippen molar-refractivity contribution in [3.05, 3.63) is 65.3 Å². The van der Waals surface area contributed by atoms with E-state index < -0.39 is 0 Å². The van der Waals surface area contributed by atoms with Gasteiger partial charge in [0.25, 0.3) is 11.8 Å². The third kappa shape index (κ3) is 2.24. The van der Waals surface area contributed by atoms with Crippen LogP contribution in [0.2, 0.25) is 5.02 Å². The molecule has 1 aromatic heterocycles. The first kappa shape index (κ1) is 15.5. The third-order valence-electron chi connectivity index (χ3n) is 4.36. The maximum Gasteiger partial charge on any atom is 0.262 e. The molecule has 5 nitrogen and oxygen atoms in total. The second kappa shape index (κ2) is 5.50. The van der Waals surface area contributed by atoms with Crippen LogP contribution in [-0.2, 0) is 9.59 Å². The largest absolute Gasteiger partial charge is 0.397 e. The van der Waals surface area contributed by atoms with Crippen molar-refractivity contribution in [2.24, 2.45) is 0 Å². The van der Waals surface area contributed by atoms with Crippen molar-refractivity contribution in [1.29, 1.82) is 0 Å². The Morgan fingerprint density at radius 1 is 1.04 bits per heavy atom. The third-order valence-corrected chi connectivity index (χ3v) is 4.67. The van der Waals surface area contributed by atoms with Gasteiger partial charge in [0.2, 0.25) is 0 Å². The minimum atomic E-state index is -0.348. The smallest absolute Gasteiger partial charge is 0.262 e. The molecule has 2 amide bonds. The molecule has 0 aliphatic carbocycles. The average molecular weight is 352 g/mol. The molecule has 0 saturated carbocycles. The molecule has 0 saturated heterocycles. The Bertz CT molecular complexity index is 1080. The van der Waals surface area contributed by atoms with Gasteiger partial charge in [-0.3, -0.25) is 14.5 Å². The van der Waals surface area contributed by atoms with Crippen LogP contribution in [0.4, 0.5) is 5.69 Å². The number of nitrogens with zero attached hydrogens (tertiary/aromatic N) is 2. The summed E-state index contributed by atoms with van der Waals surface area (Å²) >= 11 is 6.43. The van der Waals surface area contributed by atoms with E-state index >= 15 is 0 Å². The van der Waals surface area contributed by atoms with Crippen LogP contribution in [0.5, 0.6) is 0 Å². The lowest BCUT2D eigenvalue weighted by atomic mass is 10.1. The lowest BCUT2D eigenvalue weighted by Gasteiger charge is -2.14.